The third-order valence-electron chi connectivity index (χ3n) is 2.05. The van der Waals surface area contributed by atoms with Crippen molar-refractivity contribution in [1.82, 2.24) is 5.32 Å². The van der Waals surface area contributed by atoms with Crippen molar-refractivity contribution >= 4 is 5.91 Å². The first-order chi connectivity index (χ1) is 5.18. The van der Waals surface area contributed by atoms with Gasteiger partial charge in [-0.05, 0) is 25.7 Å². The van der Waals surface area contributed by atoms with E-state index < -0.39 is 0 Å². The molecule has 0 aromatic rings. The molecule has 11 heavy (non-hydrogen) atoms. The largest absolute Gasteiger partial charge is 0.393 e. The monoisotopic (exact) mass is 157 g/mol. The molecule has 0 aliphatic heterocycles. The lowest BCUT2D eigenvalue weighted by molar-refractivity contribution is -0.120. The summed E-state index contributed by atoms with van der Waals surface area (Å²) < 4.78 is 0. The van der Waals surface area contributed by atoms with Gasteiger partial charge < -0.3 is 10.4 Å². The summed E-state index contributed by atoms with van der Waals surface area (Å²) in [6.07, 6.45) is 3.43. The molecule has 0 aromatic carbocycles. The molecule has 0 bridgehead atoms. The maximum absolute atomic E-state index is 10.6. The number of hydrogen-bond acceptors (Lipinski definition) is 2. The van der Waals surface area contributed by atoms with E-state index in [0.717, 1.165) is 25.7 Å². The van der Waals surface area contributed by atoms with E-state index >= 15 is 0 Å². The second kappa shape index (κ2) is 3.72. The Labute approximate surface area is 66.8 Å². The molecular weight excluding hydrogens is 142 g/mol. The summed E-state index contributed by atoms with van der Waals surface area (Å²) in [5.41, 5.74) is 0. The fraction of sp³-hybridized carbons (Fsp3) is 0.875. The van der Waals surface area contributed by atoms with Crippen molar-refractivity contribution in [3.8, 4) is 0 Å². The molecule has 64 valence electrons. The van der Waals surface area contributed by atoms with Crippen LogP contribution in [0.5, 0.6) is 0 Å². The summed E-state index contributed by atoms with van der Waals surface area (Å²) in [6, 6.07) is 0.205. The molecule has 2 atom stereocenters. The Kier molecular flexibility index (Phi) is 2.88. The van der Waals surface area contributed by atoms with E-state index in [4.69, 9.17) is 0 Å². The van der Waals surface area contributed by atoms with Gasteiger partial charge in [-0.15, -0.1) is 0 Å². The maximum Gasteiger partial charge on any atom is 0.217 e. The lowest BCUT2D eigenvalue weighted by Gasteiger charge is -2.25. The topological polar surface area (TPSA) is 49.3 Å². The molecule has 1 aliphatic rings. The van der Waals surface area contributed by atoms with Crippen LogP contribution >= 0.6 is 0 Å². The number of nitrogens with one attached hydrogen (secondary N) is 1. The van der Waals surface area contributed by atoms with E-state index in [0.29, 0.717) is 0 Å². The van der Waals surface area contributed by atoms with Crippen LogP contribution in [0.2, 0.25) is 0 Å². The van der Waals surface area contributed by atoms with Gasteiger partial charge in [-0.2, -0.15) is 0 Å². The van der Waals surface area contributed by atoms with Crippen LogP contribution in [0.15, 0.2) is 0 Å². The first-order valence-corrected chi connectivity index (χ1v) is 4.13. The minimum absolute atomic E-state index is 0.00380. The number of carbonyl (C=O) groups excluding carboxylic acids is 1. The van der Waals surface area contributed by atoms with Crippen LogP contribution in [0.3, 0.4) is 0 Å². The summed E-state index contributed by atoms with van der Waals surface area (Å²) in [5.74, 6) is 0.00380. The normalized spacial score (nSPS) is 31.5. The minimum atomic E-state index is -0.208. The molecule has 3 nitrogen and oxygen atoms in total. The van der Waals surface area contributed by atoms with Crippen molar-refractivity contribution in [3.05, 3.63) is 0 Å². The minimum Gasteiger partial charge on any atom is -0.393 e. The third-order valence-corrected chi connectivity index (χ3v) is 2.05. The van der Waals surface area contributed by atoms with Gasteiger partial charge in [-0.25, -0.2) is 0 Å². The number of aliphatic hydroxyl groups is 1. The van der Waals surface area contributed by atoms with E-state index in [2.05, 4.69) is 5.32 Å². The summed E-state index contributed by atoms with van der Waals surface area (Å²) in [7, 11) is 0. The van der Waals surface area contributed by atoms with E-state index in [1.54, 1.807) is 0 Å². The average Bonchev–Trinajstić information content (AvgIpc) is 1.85. The van der Waals surface area contributed by atoms with Crippen molar-refractivity contribution in [1.29, 1.82) is 0 Å². The first kappa shape index (κ1) is 8.53. The molecule has 3 heteroatoms. The summed E-state index contributed by atoms with van der Waals surface area (Å²) in [4.78, 5) is 10.6. The van der Waals surface area contributed by atoms with E-state index in [9.17, 15) is 9.90 Å². The highest BCUT2D eigenvalue weighted by atomic mass is 16.3. The zero-order chi connectivity index (χ0) is 8.27. The fourth-order valence-electron chi connectivity index (χ4n) is 1.58. The predicted molar refractivity (Wildman–Crippen MR) is 42.1 cm³/mol. The van der Waals surface area contributed by atoms with E-state index in [1.165, 1.54) is 6.92 Å². The standard InChI is InChI=1S/C8H15NO2/c1-6(10)9-7-3-2-4-8(11)5-7/h7-8,11H,2-5H2,1H3,(H,9,10)/t7-,8-/m0/s1. The Morgan fingerprint density at radius 2 is 2.27 bits per heavy atom. The Morgan fingerprint density at radius 1 is 1.55 bits per heavy atom. The van der Waals surface area contributed by atoms with Gasteiger partial charge in [0.05, 0.1) is 6.10 Å². The Hall–Kier alpha value is -0.570. The van der Waals surface area contributed by atoms with Crippen molar-refractivity contribution in [2.24, 2.45) is 0 Å². The molecule has 0 unspecified atom stereocenters. The van der Waals surface area contributed by atoms with Crippen molar-refractivity contribution < 1.29 is 9.90 Å². The molecule has 1 saturated carbocycles. The lowest BCUT2D eigenvalue weighted by atomic mass is 9.93. The van der Waals surface area contributed by atoms with Crippen LogP contribution in [0.4, 0.5) is 0 Å². The number of carbonyl (C=O) groups is 1. The molecule has 1 rings (SSSR count). The molecule has 0 spiro atoms. The average molecular weight is 157 g/mol. The fourth-order valence-corrected chi connectivity index (χ4v) is 1.58. The van der Waals surface area contributed by atoms with Gasteiger partial charge in [0.2, 0.25) is 5.91 Å². The zero-order valence-electron chi connectivity index (χ0n) is 6.84. The SMILES string of the molecule is CC(=O)N[C@H]1CCC[C@H](O)C1. The van der Waals surface area contributed by atoms with Gasteiger partial charge >= 0.3 is 0 Å². The number of amides is 1. The Bertz CT molecular complexity index is 147. The van der Waals surface area contributed by atoms with Crippen LogP contribution in [-0.4, -0.2) is 23.2 Å². The predicted octanol–water partition coefficient (Wildman–Crippen LogP) is 0.426. The van der Waals surface area contributed by atoms with Gasteiger partial charge in [0.25, 0.3) is 0 Å². The quantitative estimate of drug-likeness (QED) is 0.579. The number of aliphatic hydroxyl groups excluding tert-OH is 1. The molecule has 0 heterocycles. The Balaban J connectivity index is 2.28. The van der Waals surface area contributed by atoms with Gasteiger partial charge in [0.15, 0.2) is 0 Å². The lowest BCUT2D eigenvalue weighted by Crippen LogP contribution is -2.38. The summed E-state index contributed by atoms with van der Waals surface area (Å²) in [6.45, 7) is 1.51. The van der Waals surface area contributed by atoms with Crippen molar-refractivity contribution in [3.63, 3.8) is 0 Å². The number of hydrogen-bond donors (Lipinski definition) is 2. The molecule has 1 fully saturated rings. The third kappa shape index (κ3) is 2.89. The van der Waals surface area contributed by atoms with Crippen LogP contribution in [0.1, 0.15) is 32.6 Å². The van der Waals surface area contributed by atoms with Crippen LogP contribution in [0, 0.1) is 0 Å². The van der Waals surface area contributed by atoms with Crippen molar-refractivity contribution in [2.75, 3.05) is 0 Å². The molecule has 0 saturated heterocycles. The molecular formula is C8H15NO2. The summed E-state index contributed by atoms with van der Waals surface area (Å²) in [5, 5.41) is 12.1. The maximum atomic E-state index is 10.6. The van der Waals surface area contributed by atoms with Gasteiger partial charge in [0.1, 0.15) is 0 Å². The van der Waals surface area contributed by atoms with Crippen molar-refractivity contribution in [2.45, 2.75) is 44.8 Å². The Morgan fingerprint density at radius 3 is 2.82 bits per heavy atom. The van der Waals surface area contributed by atoms with Gasteiger partial charge in [-0.3, -0.25) is 4.79 Å². The molecule has 0 aromatic heterocycles. The van der Waals surface area contributed by atoms with Crippen LogP contribution in [0.25, 0.3) is 0 Å². The highest BCUT2D eigenvalue weighted by Crippen LogP contribution is 2.17. The van der Waals surface area contributed by atoms with Gasteiger partial charge in [-0.1, -0.05) is 0 Å². The smallest absolute Gasteiger partial charge is 0.217 e. The van der Waals surface area contributed by atoms with E-state index in [-0.39, 0.29) is 18.1 Å². The molecule has 1 amide bonds. The molecule has 2 N–H and O–H groups in total. The summed E-state index contributed by atoms with van der Waals surface area (Å²) >= 11 is 0. The van der Waals surface area contributed by atoms with E-state index in [1.807, 2.05) is 0 Å². The second-order valence-corrected chi connectivity index (χ2v) is 3.22. The van der Waals surface area contributed by atoms with Crippen LogP contribution in [-0.2, 0) is 4.79 Å². The second-order valence-electron chi connectivity index (χ2n) is 3.22. The molecule has 0 radical (unpaired) electrons. The molecule has 1 aliphatic carbocycles. The zero-order valence-corrected chi connectivity index (χ0v) is 6.84. The first-order valence-electron chi connectivity index (χ1n) is 4.13. The number of rotatable bonds is 1. The van der Waals surface area contributed by atoms with Crippen LogP contribution < -0.4 is 5.32 Å². The highest BCUT2D eigenvalue weighted by Gasteiger charge is 2.19. The highest BCUT2D eigenvalue weighted by molar-refractivity contribution is 5.73. The van der Waals surface area contributed by atoms with Gasteiger partial charge in [0, 0.05) is 13.0 Å².